The summed E-state index contributed by atoms with van der Waals surface area (Å²) in [6, 6.07) is 14.9. The summed E-state index contributed by atoms with van der Waals surface area (Å²) in [4.78, 5) is 22.4. The van der Waals surface area contributed by atoms with Crippen molar-refractivity contribution in [2.45, 2.75) is 13.3 Å². The maximum Gasteiger partial charge on any atom is 0.280 e. The minimum Gasteiger partial charge on any atom is -0.493 e. The average Bonchev–Trinajstić information content (AvgIpc) is 3.53. The third kappa shape index (κ3) is 8.07. The van der Waals surface area contributed by atoms with E-state index in [1.165, 1.54) is 47.3 Å². The van der Waals surface area contributed by atoms with Crippen LogP contribution in [0.4, 0.5) is 14.5 Å². The number of fused-ring (bicyclic) bond motifs is 1. The van der Waals surface area contributed by atoms with Crippen LogP contribution < -0.4 is 24.3 Å². The van der Waals surface area contributed by atoms with E-state index in [2.05, 4.69) is 32.2 Å². The number of carbonyl (C=O) groups is 1. The van der Waals surface area contributed by atoms with Crippen molar-refractivity contribution in [1.82, 2.24) is 24.6 Å². The Morgan fingerprint density at radius 1 is 0.898 bits per heavy atom. The van der Waals surface area contributed by atoms with E-state index in [9.17, 15) is 9.18 Å². The van der Waals surface area contributed by atoms with Crippen molar-refractivity contribution >= 4 is 22.5 Å². The molecule has 1 fully saturated rings. The lowest BCUT2D eigenvalue weighted by molar-refractivity contribution is 0.101. The number of halogens is 2. The number of pyridine rings is 1. The highest BCUT2D eigenvalue weighted by molar-refractivity contribution is 6.04. The van der Waals surface area contributed by atoms with Gasteiger partial charge in [0.1, 0.15) is 11.6 Å². The molecule has 1 saturated heterocycles. The number of aromatic nitrogens is 3. The summed E-state index contributed by atoms with van der Waals surface area (Å²) in [5.41, 5.74) is 1.31. The van der Waals surface area contributed by atoms with Gasteiger partial charge in [0.25, 0.3) is 5.91 Å². The number of rotatable bonds is 13. The molecule has 0 unspecified atom stereocenters. The van der Waals surface area contributed by atoms with E-state index in [0.29, 0.717) is 40.4 Å². The van der Waals surface area contributed by atoms with Crippen LogP contribution in [0.2, 0.25) is 0 Å². The van der Waals surface area contributed by atoms with Crippen LogP contribution in [-0.4, -0.2) is 90.6 Å². The number of hydrogen-bond donors (Lipinski definition) is 1. The van der Waals surface area contributed by atoms with Crippen LogP contribution in [0.15, 0.2) is 73.1 Å². The molecule has 0 bridgehead atoms. The zero-order valence-corrected chi connectivity index (χ0v) is 27.6. The zero-order valence-electron chi connectivity index (χ0n) is 27.6. The quantitative estimate of drug-likeness (QED) is 0.147. The lowest BCUT2D eigenvalue weighted by atomic mass is 10.1. The minimum atomic E-state index is -0.697. The van der Waals surface area contributed by atoms with Crippen molar-refractivity contribution in [3.8, 4) is 34.4 Å². The number of nitrogens with zero attached hydrogens (tertiary/aromatic N) is 5. The molecular weight excluding hydrogens is 634 g/mol. The van der Waals surface area contributed by atoms with Crippen LogP contribution in [0.1, 0.15) is 23.8 Å². The fraction of sp³-hybridized carbons (Fsp3) is 0.306. The molecule has 6 rings (SSSR count). The van der Waals surface area contributed by atoms with Crippen molar-refractivity contribution < 1.29 is 32.5 Å². The largest absolute Gasteiger partial charge is 0.493 e. The van der Waals surface area contributed by atoms with Gasteiger partial charge in [0.2, 0.25) is 0 Å². The lowest BCUT2D eigenvalue weighted by Gasteiger charge is -2.32. The fourth-order valence-corrected chi connectivity index (χ4v) is 5.50. The second-order valence-electron chi connectivity index (χ2n) is 11.6. The summed E-state index contributed by atoms with van der Waals surface area (Å²) in [6.07, 6.45) is 3.99. The van der Waals surface area contributed by atoms with Gasteiger partial charge in [-0.15, -0.1) is 0 Å². The molecule has 256 valence electrons. The van der Waals surface area contributed by atoms with E-state index in [1.807, 2.05) is 0 Å². The number of benzene rings is 3. The predicted octanol–water partition coefficient (Wildman–Crippen LogP) is 6.17. The van der Waals surface area contributed by atoms with Crippen LogP contribution in [0.5, 0.6) is 28.7 Å². The molecule has 2 aromatic heterocycles. The van der Waals surface area contributed by atoms with Gasteiger partial charge in [0, 0.05) is 62.1 Å². The maximum atomic E-state index is 15.4. The van der Waals surface area contributed by atoms with Gasteiger partial charge in [-0.05, 0) is 68.9 Å². The molecule has 1 aliphatic heterocycles. The molecule has 49 heavy (non-hydrogen) atoms. The standard InChI is InChI=1S/C36H38F2N6O5/c1-4-47-34-23-44(26-9-6-24(37)7-10-26)41-35(34)36(45)40-25-8-11-31(28(38)20-25)49-30-12-13-39-29-22-33(32(46-3)21-27(29)30)48-19-5-14-43-17-15-42(2)16-18-43/h6-13,20-23H,4-5,14-19H2,1-3H3,(H,40,45). The number of anilines is 1. The Bertz CT molecular complexity index is 1910. The van der Waals surface area contributed by atoms with Gasteiger partial charge in [-0.25, -0.2) is 13.5 Å². The SMILES string of the molecule is CCOc1cn(-c2ccc(F)cc2)nc1C(=O)Nc1ccc(Oc2ccnc3cc(OCCCN4CCN(C)CC4)c(OC)cc23)c(F)c1. The highest BCUT2D eigenvalue weighted by Crippen LogP contribution is 2.38. The summed E-state index contributed by atoms with van der Waals surface area (Å²) in [5, 5.41) is 7.59. The summed E-state index contributed by atoms with van der Waals surface area (Å²) in [6.45, 7) is 7.82. The van der Waals surface area contributed by atoms with Crippen molar-refractivity contribution in [2.75, 3.05) is 65.4 Å². The van der Waals surface area contributed by atoms with Crippen molar-refractivity contribution in [3.63, 3.8) is 0 Å². The smallest absolute Gasteiger partial charge is 0.280 e. The van der Waals surface area contributed by atoms with Gasteiger partial charge in [-0.2, -0.15) is 5.10 Å². The Morgan fingerprint density at radius 2 is 1.69 bits per heavy atom. The molecule has 0 spiro atoms. The molecule has 5 aromatic rings. The number of carbonyl (C=O) groups excluding carboxylic acids is 1. The van der Waals surface area contributed by atoms with Gasteiger partial charge in [-0.1, -0.05) is 0 Å². The van der Waals surface area contributed by atoms with Crippen LogP contribution in [0, 0.1) is 11.6 Å². The second-order valence-corrected chi connectivity index (χ2v) is 11.6. The van der Waals surface area contributed by atoms with Gasteiger partial charge in [-0.3, -0.25) is 9.78 Å². The van der Waals surface area contributed by atoms with Gasteiger partial charge < -0.3 is 34.1 Å². The molecule has 1 aliphatic rings. The third-order valence-electron chi connectivity index (χ3n) is 8.16. The first-order valence-corrected chi connectivity index (χ1v) is 16.1. The Balaban J connectivity index is 1.13. The molecule has 1 N–H and O–H groups in total. The van der Waals surface area contributed by atoms with E-state index in [1.54, 1.807) is 38.4 Å². The molecule has 1 amide bonds. The molecule has 0 atom stereocenters. The lowest BCUT2D eigenvalue weighted by Crippen LogP contribution is -2.44. The molecule has 0 saturated carbocycles. The van der Waals surface area contributed by atoms with Crippen molar-refractivity contribution in [2.24, 2.45) is 0 Å². The molecule has 0 aliphatic carbocycles. The van der Waals surface area contributed by atoms with E-state index in [4.69, 9.17) is 18.9 Å². The predicted molar refractivity (Wildman–Crippen MR) is 181 cm³/mol. The van der Waals surface area contributed by atoms with E-state index in [-0.39, 0.29) is 29.5 Å². The number of ether oxygens (including phenoxy) is 4. The Hall–Kier alpha value is -5.27. The second kappa shape index (κ2) is 15.3. The molecule has 3 aromatic carbocycles. The normalized spacial score (nSPS) is 13.7. The van der Waals surface area contributed by atoms with Crippen molar-refractivity contribution in [1.29, 1.82) is 0 Å². The summed E-state index contributed by atoms with van der Waals surface area (Å²) >= 11 is 0. The number of amides is 1. The summed E-state index contributed by atoms with van der Waals surface area (Å²) in [7, 11) is 3.70. The number of nitrogens with one attached hydrogen (secondary N) is 1. The van der Waals surface area contributed by atoms with Gasteiger partial charge in [0.15, 0.2) is 34.5 Å². The first-order chi connectivity index (χ1) is 23.8. The zero-order chi connectivity index (χ0) is 34.3. The van der Waals surface area contributed by atoms with Crippen LogP contribution in [0.25, 0.3) is 16.6 Å². The first-order valence-electron chi connectivity index (χ1n) is 16.1. The average molecular weight is 673 g/mol. The summed E-state index contributed by atoms with van der Waals surface area (Å²) < 4.78 is 53.5. The van der Waals surface area contributed by atoms with Gasteiger partial charge in [0.05, 0.1) is 37.7 Å². The molecule has 11 nitrogen and oxygen atoms in total. The molecule has 0 radical (unpaired) electrons. The fourth-order valence-electron chi connectivity index (χ4n) is 5.50. The third-order valence-corrected chi connectivity index (χ3v) is 8.16. The minimum absolute atomic E-state index is 0.0116. The van der Waals surface area contributed by atoms with E-state index < -0.39 is 17.5 Å². The number of methoxy groups -OCH3 is 1. The molecule has 13 heteroatoms. The van der Waals surface area contributed by atoms with E-state index >= 15 is 4.39 Å². The van der Waals surface area contributed by atoms with E-state index in [0.717, 1.165) is 45.2 Å². The Morgan fingerprint density at radius 3 is 2.43 bits per heavy atom. The number of hydrogen-bond acceptors (Lipinski definition) is 9. The Labute approximate surface area is 283 Å². The number of likely N-dealkylation sites (N-methyl/N-ethyl adjacent to an activating group) is 1. The van der Waals surface area contributed by atoms with Crippen LogP contribution >= 0.6 is 0 Å². The topological polar surface area (TPSA) is 103 Å². The van der Waals surface area contributed by atoms with Crippen molar-refractivity contribution in [3.05, 3.63) is 90.4 Å². The summed E-state index contributed by atoms with van der Waals surface area (Å²) in [5.74, 6) is -0.0802. The molecular formula is C36H38F2N6O5. The monoisotopic (exact) mass is 672 g/mol. The Kier molecular flexibility index (Phi) is 10.5. The maximum absolute atomic E-state index is 15.4. The highest BCUT2D eigenvalue weighted by atomic mass is 19.1. The van der Waals surface area contributed by atoms with Crippen LogP contribution in [0.3, 0.4) is 0 Å². The number of piperazine rings is 1. The first kappa shape index (κ1) is 33.6. The molecule has 3 heterocycles. The van der Waals surface area contributed by atoms with Gasteiger partial charge >= 0.3 is 0 Å². The highest BCUT2D eigenvalue weighted by Gasteiger charge is 2.21. The van der Waals surface area contributed by atoms with Crippen LogP contribution in [-0.2, 0) is 0 Å².